The number of hydrogen-bond donors (Lipinski definition) is 3. The van der Waals surface area contributed by atoms with Crippen molar-refractivity contribution in [3.8, 4) is 0 Å². The Bertz CT molecular complexity index is 1660. The van der Waals surface area contributed by atoms with Gasteiger partial charge in [0.1, 0.15) is 0 Å². The Hall–Kier alpha value is -2.52. The molecule has 9 atom stereocenters. The lowest BCUT2D eigenvalue weighted by Gasteiger charge is -2.71. The van der Waals surface area contributed by atoms with E-state index >= 15 is 0 Å². The van der Waals surface area contributed by atoms with Crippen molar-refractivity contribution >= 4 is 33.2 Å². The third-order valence-corrected chi connectivity index (χ3v) is 15.3. The number of rotatable bonds is 7. The minimum Gasteiger partial charge on any atom is -0.393 e. The van der Waals surface area contributed by atoms with Crippen molar-refractivity contribution in [2.75, 3.05) is 19.7 Å². The standard InChI is InChI=1S/C40H52N2O5S/c1-25(2)41-35(45)42(23-28-9-7-19-47-28)24-39(46)16-13-33-37(39,4)15-12-32-36(3)14-11-27(43)21-38(36)17-18-40(32,33)29(22-38)34(44)31-20-26-8-5-6-10-30(26)48-31/h5-6,8,10,17-18,20,22,25,27-28,32-33,43,46H,7,9,11-16,19,21,23-24H2,1-4H3,(H,41,45)/t27?,28-,32-,33-,36-,37+,38+,39-,40-/m1/s1. The van der Waals surface area contributed by atoms with Crippen molar-refractivity contribution in [2.24, 2.45) is 33.5 Å². The lowest BCUT2D eigenvalue weighted by molar-refractivity contribution is -0.175. The molecule has 48 heavy (non-hydrogen) atoms. The molecule has 9 rings (SSSR count). The van der Waals surface area contributed by atoms with Gasteiger partial charge in [0, 0.05) is 45.7 Å². The predicted octanol–water partition coefficient (Wildman–Crippen LogP) is 7.27. The lowest BCUT2D eigenvalue weighted by atomic mass is 9.32. The van der Waals surface area contributed by atoms with Gasteiger partial charge in [0.05, 0.1) is 29.2 Å². The van der Waals surface area contributed by atoms with E-state index in [4.69, 9.17) is 4.74 Å². The van der Waals surface area contributed by atoms with Gasteiger partial charge in [0.2, 0.25) is 0 Å². The van der Waals surface area contributed by atoms with Crippen LogP contribution in [0.2, 0.25) is 0 Å². The molecule has 1 aromatic carbocycles. The molecule has 258 valence electrons. The molecule has 2 amide bonds. The average Bonchev–Trinajstić information content (AvgIpc) is 3.78. The van der Waals surface area contributed by atoms with Crippen LogP contribution in [0.3, 0.4) is 0 Å². The maximum atomic E-state index is 15.0. The highest BCUT2D eigenvalue weighted by Gasteiger charge is 2.74. The van der Waals surface area contributed by atoms with Crippen LogP contribution in [0.1, 0.15) is 95.2 Å². The first-order valence-electron chi connectivity index (χ1n) is 18.4. The topological polar surface area (TPSA) is 99.1 Å². The van der Waals surface area contributed by atoms with E-state index < -0.39 is 16.4 Å². The van der Waals surface area contributed by atoms with Crippen molar-refractivity contribution in [1.82, 2.24) is 10.2 Å². The van der Waals surface area contributed by atoms with E-state index in [1.54, 1.807) is 11.3 Å². The fourth-order valence-electron chi connectivity index (χ4n) is 11.7. The van der Waals surface area contributed by atoms with Crippen LogP contribution in [0.15, 0.2) is 54.1 Å². The Kier molecular flexibility index (Phi) is 7.65. The van der Waals surface area contributed by atoms with E-state index in [9.17, 15) is 19.8 Å². The number of Topliss-reactive ketones (excluding diaryl/α,β-unsaturated/α-hetero) is 1. The van der Waals surface area contributed by atoms with Gasteiger partial charge in [-0.1, -0.05) is 50.3 Å². The van der Waals surface area contributed by atoms with Crippen molar-refractivity contribution in [3.63, 3.8) is 0 Å². The Labute approximate surface area is 288 Å². The molecule has 2 aromatic rings. The number of ether oxygens (including phenoxy) is 1. The van der Waals surface area contributed by atoms with Crippen molar-refractivity contribution in [1.29, 1.82) is 0 Å². The molecule has 3 saturated carbocycles. The molecule has 1 aromatic heterocycles. The zero-order valence-electron chi connectivity index (χ0n) is 29.0. The summed E-state index contributed by atoms with van der Waals surface area (Å²) >= 11 is 1.57. The molecule has 0 radical (unpaired) electrons. The number of amides is 2. The number of aliphatic hydroxyl groups is 2. The molecule has 2 bridgehead atoms. The summed E-state index contributed by atoms with van der Waals surface area (Å²) in [6, 6.07) is 10.1. The molecule has 8 heteroatoms. The smallest absolute Gasteiger partial charge is 0.317 e. The van der Waals surface area contributed by atoms with Gasteiger partial charge in [0.15, 0.2) is 5.78 Å². The van der Waals surface area contributed by atoms with Crippen LogP contribution < -0.4 is 5.32 Å². The summed E-state index contributed by atoms with van der Waals surface area (Å²) in [6.07, 6.45) is 14.0. The fourth-order valence-corrected chi connectivity index (χ4v) is 12.7. The maximum Gasteiger partial charge on any atom is 0.317 e. The summed E-state index contributed by atoms with van der Waals surface area (Å²) in [5, 5.41) is 28.1. The van der Waals surface area contributed by atoms with Gasteiger partial charge in [-0.2, -0.15) is 0 Å². The fraction of sp³-hybridized carbons (Fsp3) is 0.650. The zero-order chi connectivity index (χ0) is 33.7. The second-order valence-electron chi connectivity index (χ2n) is 16.9. The number of benzene rings is 1. The maximum absolute atomic E-state index is 15.0. The quantitative estimate of drug-likeness (QED) is 0.212. The molecule has 6 aliphatic carbocycles. The first-order chi connectivity index (χ1) is 22.8. The van der Waals surface area contributed by atoms with Crippen LogP contribution in [0.4, 0.5) is 4.79 Å². The number of urea groups is 1. The van der Waals surface area contributed by atoms with Crippen molar-refractivity contribution in [2.45, 2.75) is 109 Å². The number of nitrogens with one attached hydrogen (secondary N) is 1. The summed E-state index contributed by atoms with van der Waals surface area (Å²) in [4.78, 5) is 31.2. The van der Waals surface area contributed by atoms with Crippen LogP contribution in [0.25, 0.3) is 10.1 Å². The summed E-state index contributed by atoms with van der Waals surface area (Å²) < 4.78 is 7.08. The molecule has 4 fully saturated rings. The molecule has 1 aliphatic heterocycles. The molecule has 7 aliphatic rings. The zero-order valence-corrected chi connectivity index (χ0v) is 29.8. The van der Waals surface area contributed by atoms with Gasteiger partial charge in [-0.15, -0.1) is 11.3 Å². The molecule has 1 saturated heterocycles. The summed E-state index contributed by atoms with van der Waals surface area (Å²) in [7, 11) is 0. The number of hydrogen-bond acceptors (Lipinski definition) is 6. The predicted molar refractivity (Wildman–Crippen MR) is 189 cm³/mol. The summed E-state index contributed by atoms with van der Waals surface area (Å²) in [5.41, 5.74) is -1.73. The Balaban J connectivity index is 1.21. The third-order valence-electron chi connectivity index (χ3n) is 14.2. The Morgan fingerprint density at radius 2 is 1.79 bits per heavy atom. The number of ketones is 1. The average molecular weight is 673 g/mol. The number of nitrogens with zero attached hydrogens (tertiary/aromatic N) is 1. The number of carbonyl (C=O) groups excluding carboxylic acids is 2. The van der Waals surface area contributed by atoms with Crippen LogP contribution in [-0.2, 0) is 4.74 Å². The van der Waals surface area contributed by atoms with Gasteiger partial charge in [-0.05, 0) is 106 Å². The SMILES string of the molecule is CC(C)NC(=O)N(C[C@H]1CCCO1)C[C@]1(O)CC[C@H]2[C@]34C=C[C@@]5(C=C3C(=O)c3cc6ccccc6s3)CC(O)CC[C@]5(C)[C@H]4CC[C@@]21C. The molecule has 7 nitrogen and oxygen atoms in total. The van der Waals surface area contributed by atoms with Gasteiger partial charge in [0.25, 0.3) is 0 Å². The van der Waals surface area contributed by atoms with E-state index in [2.05, 4.69) is 55.6 Å². The molecular weight excluding hydrogens is 621 g/mol. The molecule has 2 spiro atoms. The first-order valence-corrected chi connectivity index (χ1v) is 19.2. The summed E-state index contributed by atoms with van der Waals surface area (Å²) in [5.74, 6) is 0.367. The molecular formula is C40H52N2O5S. The first kappa shape index (κ1) is 32.7. The Morgan fingerprint density at radius 3 is 2.54 bits per heavy atom. The number of allylic oxidation sites excluding steroid dienone is 4. The summed E-state index contributed by atoms with van der Waals surface area (Å²) in [6.45, 7) is 10.0. The van der Waals surface area contributed by atoms with Crippen LogP contribution in [0, 0.1) is 33.5 Å². The van der Waals surface area contributed by atoms with E-state index in [-0.39, 0.29) is 59.3 Å². The van der Waals surface area contributed by atoms with E-state index in [0.29, 0.717) is 26.0 Å². The minimum absolute atomic E-state index is 0.0161. The number of fused-ring (bicyclic) bond motifs is 2. The van der Waals surface area contributed by atoms with E-state index in [1.165, 1.54) is 0 Å². The van der Waals surface area contributed by atoms with Crippen molar-refractivity contribution < 1.29 is 24.5 Å². The highest BCUT2D eigenvalue weighted by atomic mass is 32.1. The van der Waals surface area contributed by atoms with Gasteiger partial charge in [-0.25, -0.2) is 4.79 Å². The third kappa shape index (κ3) is 4.54. The van der Waals surface area contributed by atoms with Crippen molar-refractivity contribution in [3.05, 3.63) is 59.0 Å². The van der Waals surface area contributed by atoms with Crippen LogP contribution >= 0.6 is 11.3 Å². The molecule has 2 heterocycles. The number of carbonyl (C=O) groups is 2. The minimum atomic E-state index is -1.11. The number of thiophene rings is 1. The second-order valence-corrected chi connectivity index (χ2v) is 18.0. The second kappa shape index (κ2) is 11.2. The highest BCUT2D eigenvalue weighted by Crippen LogP contribution is 2.78. The van der Waals surface area contributed by atoms with Crippen LogP contribution in [0.5, 0.6) is 0 Å². The highest BCUT2D eigenvalue weighted by molar-refractivity contribution is 7.21. The van der Waals surface area contributed by atoms with E-state index in [0.717, 1.165) is 65.5 Å². The van der Waals surface area contributed by atoms with Gasteiger partial charge in [-0.3, -0.25) is 4.79 Å². The monoisotopic (exact) mass is 672 g/mol. The number of aliphatic hydroxyl groups excluding tert-OH is 1. The normalized spacial score (nSPS) is 41.2. The largest absolute Gasteiger partial charge is 0.393 e. The van der Waals surface area contributed by atoms with Crippen LogP contribution in [-0.4, -0.2) is 70.5 Å². The van der Waals surface area contributed by atoms with Gasteiger partial charge < -0.3 is 25.2 Å². The van der Waals surface area contributed by atoms with Gasteiger partial charge >= 0.3 is 6.03 Å². The molecule has 1 unspecified atom stereocenters. The Morgan fingerprint density at radius 1 is 1.04 bits per heavy atom. The lowest BCUT2D eigenvalue weighted by Crippen LogP contribution is -2.67. The van der Waals surface area contributed by atoms with E-state index in [1.807, 2.05) is 30.9 Å². The molecule has 3 N–H and O–H groups in total.